The van der Waals surface area contributed by atoms with Crippen LogP contribution in [0.3, 0.4) is 0 Å². The van der Waals surface area contributed by atoms with E-state index in [-0.39, 0.29) is 15.9 Å². The summed E-state index contributed by atoms with van der Waals surface area (Å²) >= 11 is 3.04. The fourth-order valence-corrected chi connectivity index (χ4v) is 2.15. The largest absolute Gasteiger partial charge is 0.338 e. The highest BCUT2D eigenvalue weighted by Crippen LogP contribution is 2.27. The van der Waals surface area contributed by atoms with Crippen molar-refractivity contribution in [2.45, 2.75) is 0 Å². The predicted molar refractivity (Wildman–Crippen MR) is 69.1 cm³/mol. The van der Waals surface area contributed by atoms with Crippen molar-refractivity contribution in [1.82, 2.24) is 9.97 Å². The SMILES string of the molecule is Fc1cc2[nH]c(-c3cccc(F)c3F)nc2cc1Br. The first-order valence-electron chi connectivity index (χ1n) is 5.35. The van der Waals surface area contributed by atoms with Crippen LogP contribution in [-0.4, -0.2) is 9.97 Å². The summed E-state index contributed by atoms with van der Waals surface area (Å²) in [4.78, 5) is 6.90. The van der Waals surface area contributed by atoms with Gasteiger partial charge in [0.2, 0.25) is 0 Å². The van der Waals surface area contributed by atoms with Crippen molar-refractivity contribution >= 4 is 27.0 Å². The van der Waals surface area contributed by atoms with Crippen LogP contribution in [0, 0.1) is 17.5 Å². The summed E-state index contributed by atoms with van der Waals surface area (Å²) in [6.07, 6.45) is 0. The molecule has 6 heteroatoms. The lowest BCUT2D eigenvalue weighted by atomic mass is 10.2. The normalized spacial score (nSPS) is 11.2. The first-order chi connectivity index (χ1) is 9.06. The second-order valence-electron chi connectivity index (χ2n) is 3.97. The number of rotatable bonds is 1. The van der Waals surface area contributed by atoms with Crippen molar-refractivity contribution in [2.24, 2.45) is 0 Å². The number of nitrogens with zero attached hydrogens (tertiary/aromatic N) is 1. The topological polar surface area (TPSA) is 28.7 Å². The lowest BCUT2D eigenvalue weighted by Gasteiger charge is -1.99. The van der Waals surface area contributed by atoms with Crippen molar-refractivity contribution in [3.63, 3.8) is 0 Å². The lowest BCUT2D eigenvalue weighted by molar-refractivity contribution is 0.510. The summed E-state index contributed by atoms with van der Waals surface area (Å²) in [7, 11) is 0. The molecule has 1 heterocycles. The van der Waals surface area contributed by atoms with Gasteiger partial charge in [0.15, 0.2) is 11.6 Å². The second-order valence-corrected chi connectivity index (χ2v) is 4.82. The van der Waals surface area contributed by atoms with Gasteiger partial charge in [0.05, 0.1) is 21.1 Å². The van der Waals surface area contributed by atoms with E-state index in [2.05, 4.69) is 25.9 Å². The molecule has 3 aromatic rings. The summed E-state index contributed by atoms with van der Waals surface area (Å²) in [5.41, 5.74) is 0.888. The van der Waals surface area contributed by atoms with Gasteiger partial charge in [-0.05, 0) is 34.1 Å². The molecule has 1 aromatic heterocycles. The summed E-state index contributed by atoms with van der Waals surface area (Å²) in [5.74, 6) is -2.24. The van der Waals surface area contributed by atoms with Gasteiger partial charge in [-0.1, -0.05) is 6.07 Å². The van der Waals surface area contributed by atoms with E-state index in [9.17, 15) is 13.2 Å². The van der Waals surface area contributed by atoms with Gasteiger partial charge in [-0.2, -0.15) is 0 Å². The molecular weight excluding hydrogens is 321 g/mol. The molecule has 0 saturated carbocycles. The minimum absolute atomic E-state index is 0.00716. The van der Waals surface area contributed by atoms with Gasteiger partial charge < -0.3 is 4.98 Å². The molecule has 0 radical (unpaired) electrons. The van der Waals surface area contributed by atoms with E-state index < -0.39 is 17.5 Å². The molecule has 2 aromatic carbocycles. The highest BCUT2D eigenvalue weighted by molar-refractivity contribution is 9.10. The van der Waals surface area contributed by atoms with Gasteiger partial charge in [0, 0.05) is 6.07 Å². The van der Waals surface area contributed by atoms with E-state index in [0.29, 0.717) is 11.0 Å². The number of halogens is 4. The second kappa shape index (κ2) is 4.38. The standard InChI is InChI=1S/C13H6BrF3N2/c14-7-4-10-11(5-9(7)16)19-13(18-10)6-2-1-3-8(15)12(6)17/h1-5H,(H,18,19). The first kappa shape index (κ1) is 12.2. The summed E-state index contributed by atoms with van der Waals surface area (Å²) in [6, 6.07) is 6.53. The Morgan fingerprint density at radius 2 is 1.84 bits per heavy atom. The Balaban J connectivity index is 2.23. The number of aromatic nitrogens is 2. The quantitative estimate of drug-likeness (QED) is 0.705. The van der Waals surface area contributed by atoms with Gasteiger partial charge in [-0.3, -0.25) is 0 Å². The minimum Gasteiger partial charge on any atom is -0.338 e. The Morgan fingerprint density at radius 1 is 1.05 bits per heavy atom. The van der Waals surface area contributed by atoms with E-state index in [4.69, 9.17) is 0 Å². The van der Waals surface area contributed by atoms with Crippen molar-refractivity contribution in [3.05, 3.63) is 52.3 Å². The van der Waals surface area contributed by atoms with E-state index in [1.54, 1.807) is 0 Å². The summed E-state index contributed by atoms with van der Waals surface area (Å²) < 4.78 is 40.5. The van der Waals surface area contributed by atoms with Crippen LogP contribution in [0.15, 0.2) is 34.8 Å². The van der Waals surface area contributed by atoms with Crippen LogP contribution < -0.4 is 0 Å². The highest BCUT2D eigenvalue weighted by atomic mass is 79.9. The molecule has 0 amide bonds. The molecule has 0 aliphatic heterocycles. The molecule has 0 unspecified atom stereocenters. The van der Waals surface area contributed by atoms with Crippen molar-refractivity contribution < 1.29 is 13.2 Å². The Labute approximate surface area is 114 Å². The third kappa shape index (κ3) is 2.02. The van der Waals surface area contributed by atoms with Crippen LogP contribution in [-0.2, 0) is 0 Å². The van der Waals surface area contributed by atoms with Crippen molar-refractivity contribution in [3.8, 4) is 11.4 Å². The molecule has 0 saturated heterocycles. The van der Waals surface area contributed by atoms with Gasteiger partial charge in [-0.25, -0.2) is 18.2 Å². The molecule has 2 nitrogen and oxygen atoms in total. The Morgan fingerprint density at radius 3 is 2.63 bits per heavy atom. The van der Waals surface area contributed by atoms with E-state index in [1.165, 1.54) is 24.3 Å². The number of hydrogen-bond donors (Lipinski definition) is 1. The third-order valence-electron chi connectivity index (χ3n) is 2.73. The first-order valence-corrected chi connectivity index (χ1v) is 6.14. The predicted octanol–water partition coefficient (Wildman–Crippen LogP) is 4.41. The smallest absolute Gasteiger partial charge is 0.169 e. The number of benzene rings is 2. The molecule has 3 rings (SSSR count). The zero-order chi connectivity index (χ0) is 13.6. The average molecular weight is 327 g/mol. The minimum atomic E-state index is -0.985. The van der Waals surface area contributed by atoms with Gasteiger partial charge in [0.1, 0.15) is 11.6 Å². The van der Waals surface area contributed by atoms with Gasteiger partial charge in [-0.15, -0.1) is 0 Å². The summed E-state index contributed by atoms with van der Waals surface area (Å²) in [5, 5.41) is 0. The zero-order valence-corrected chi connectivity index (χ0v) is 10.9. The number of hydrogen-bond acceptors (Lipinski definition) is 1. The van der Waals surface area contributed by atoms with E-state index in [0.717, 1.165) is 6.07 Å². The van der Waals surface area contributed by atoms with Crippen LogP contribution in [0.25, 0.3) is 22.4 Å². The fraction of sp³-hybridized carbons (Fsp3) is 0. The maximum atomic E-state index is 13.7. The van der Waals surface area contributed by atoms with Crippen molar-refractivity contribution in [1.29, 1.82) is 0 Å². The fourth-order valence-electron chi connectivity index (χ4n) is 1.82. The number of H-pyrrole nitrogens is 1. The molecule has 0 spiro atoms. The van der Waals surface area contributed by atoms with Crippen LogP contribution in [0.1, 0.15) is 0 Å². The Kier molecular flexibility index (Phi) is 2.82. The zero-order valence-electron chi connectivity index (χ0n) is 9.35. The lowest BCUT2D eigenvalue weighted by Crippen LogP contribution is -1.90. The van der Waals surface area contributed by atoms with Gasteiger partial charge >= 0.3 is 0 Å². The van der Waals surface area contributed by atoms with Gasteiger partial charge in [0.25, 0.3) is 0 Å². The average Bonchev–Trinajstić information content (AvgIpc) is 2.76. The molecule has 0 aliphatic rings. The number of fused-ring (bicyclic) bond motifs is 1. The third-order valence-corrected chi connectivity index (χ3v) is 3.34. The Bertz CT molecular complexity index is 744. The maximum Gasteiger partial charge on any atom is 0.169 e. The number of imidazole rings is 1. The molecular formula is C13H6BrF3N2. The van der Waals surface area contributed by atoms with Crippen molar-refractivity contribution in [2.75, 3.05) is 0 Å². The molecule has 0 bridgehead atoms. The van der Waals surface area contributed by atoms with Crippen LogP contribution >= 0.6 is 15.9 Å². The molecule has 1 N–H and O–H groups in total. The van der Waals surface area contributed by atoms with Crippen LogP contribution in [0.5, 0.6) is 0 Å². The van der Waals surface area contributed by atoms with E-state index >= 15 is 0 Å². The van der Waals surface area contributed by atoms with Crippen LogP contribution in [0.2, 0.25) is 0 Å². The Hall–Kier alpha value is -1.82. The number of aromatic amines is 1. The highest BCUT2D eigenvalue weighted by Gasteiger charge is 2.14. The molecule has 0 aliphatic carbocycles. The molecule has 96 valence electrons. The number of nitrogens with one attached hydrogen (secondary N) is 1. The summed E-state index contributed by atoms with van der Waals surface area (Å²) in [6.45, 7) is 0. The molecule has 0 fully saturated rings. The molecule has 19 heavy (non-hydrogen) atoms. The monoisotopic (exact) mass is 326 g/mol. The molecule has 0 atom stereocenters. The van der Waals surface area contributed by atoms with E-state index in [1.807, 2.05) is 0 Å². The maximum absolute atomic E-state index is 13.7. The van der Waals surface area contributed by atoms with Crippen LogP contribution in [0.4, 0.5) is 13.2 Å².